The third kappa shape index (κ3) is 5.25. The molecule has 0 aliphatic carbocycles. The second kappa shape index (κ2) is 9.59. The van der Waals surface area contributed by atoms with E-state index in [1.165, 1.54) is 0 Å². The SMILES string of the molecule is NCc1ccc(CN2CCC[C@H]2C(=O)NC(=O)[C@H](N)Cc2ccccc2)cc1. The van der Waals surface area contributed by atoms with Crippen LogP contribution in [0.4, 0.5) is 0 Å². The van der Waals surface area contributed by atoms with E-state index in [4.69, 9.17) is 11.5 Å². The maximum Gasteiger partial charge on any atom is 0.243 e. The minimum atomic E-state index is -0.745. The zero-order valence-electron chi connectivity index (χ0n) is 16.0. The summed E-state index contributed by atoms with van der Waals surface area (Å²) in [5, 5.41) is 2.51. The van der Waals surface area contributed by atoms with Crippen LogP contribution >= 0.6 is 0 Å². The molecule has 148 valence electrons. The number of benzene rings is 2. The Labute approximate surface area is 165 Å². The van der Waals surface area contributed by atoms with Gasteiger partial charge < -0.3 is 11.5 Å². The van der Waals surface area contributed by atoms with Gasteiger partial charge in [-0.2, -0.15) is 0 Å². The molecule has 3 rings (SSSR count). The van der Waals surface area contributed by atoms with E-state index in [1.807, 2.05) is 54.6 Å². The number of amides is 2. The second-order valence-corrected chi connectivity index (χ2v) is 7.30. The molecule has 1 aliphatic heterocycles. The fraction of sp³-hybridized carbons (Fsp3) is 0.364. The van der Waals surface area contributed by atoms with Crippen LogP contribution in [0, 0.1) is 0 Å². The quantitative estimate of drug-likeness (QED) is 0.673. The monoisotopic (exact) mass is 380 g/mol. The molecule has 1 aliphatic rings. The van der Waals surface area contributed by atoms with Gasteiger partial charge in [-0.05, 0) is 42.5 Å². The first-order valence-electron chi connectivity index (χ1n) is 9.73. The number of imide groups is 1. The zero-order valence-corrected chi connectivity index (χ0v) is 16.0. The molecule has 1 fully saturated rings. The number of nitrogens with zero attached hydrogens (tertiary/aromatic N) is 1. The highest BCUT2D eigenvalue weighted by atomic mass is 16.2. The van der Waals surface area contributed by atoms with Crippen LogP contribution in [0.3, 0.4) is 0 Å². The lowest BCUT2D eigenvalue weighted by atomic mass is 10.1. The smallest absolute Gasteiger partial charge is 0.243 e. The van der Waals surface area contributed by atoms with Crippen molar-refractivity contribution in [1.29, 1.82) is 0 Å². The Bertz CT molecular complexity index is 792. The molecule has 2 atom stereocenters. The summed E-state index contributed by atoms with van der Waals surface area (Å²) in [6.07, 6.45) is 2.08. The van der Waals surface area contributed by atoms with Gasteiger partial charge >= 0.3 is 0 Å². The van der Waals surface area contributed by atoms with Gasteiger partial charge in [-0.25, -0.2) is 0 Å². The summed E-state index contributed by atoms with van der Waals surface area (Å²) in [7, 11) is 0. The average molecular weight is 380 g/mol. The molecule has 0 unspecified atom stereocenters. The van der Waals surface area contributed by atoms with E-state index >= 15 is 0 Å². The van der Waals surface area contributed by atoms with Crippen molar-refractivity contribution in [3.63, 3.8) is 0 Å². The predicted molar refractivity (Wildman–Crippen MR) is 109 cm³/mol. The molecule has 0 radical (unpaired) electrons. The Morgan fingerprint density at radius 1 is 1.04 bits per heavy atom. The Morgan fingerprint density at radius 2 is 1.71 bits per heavy atom. The lowest BCUT2D eigenvalue weighted by Crippen LogP contribution is -2.50. The molecule has 6 heteroatoms. The molecule has 2 aromatic carbocycles. The molecule has 1 heterocycles. The van der Waals surface area contributed by atoms with E-state index < -0.39 is 11.9 Å². The maximum absolute atomic E-state index is 12.7. The fourth-order valence-corrected chi connectivity index (χ4v) is 3.59. The van der Waals surface area contributed by atoms with Crippen LogP contribution in [0.15, 0.2) is 54.6 Å². The molecule has 0 aromatic heterocycles. The molecule has 6 nitrogen and oxygen atoms in total. The number of rotatable bonds is 7. The number of likely N-dealkylation sites (tertiary alicyclic amines) is 1. The first-order chi connectivity index (χ1) is 13.6. The highest BCUT2D eigenvalue weighted by Crippen LogP contribution is 2.20. The number of carbonyl (C=O) groups is 2. The standard InChI is InChI=1S/C22H28N4O2/c23-14-17-8-10-18(11-9-17)15-26-12-4-7-20(26)22(28)25-21(27)19(24)13-16-5-2-1-3-6-16/h1-3,5-6,8-11,19-20H,4,7,12-15,23-24H2,(H,25,27,28)/t19-,20+/m1/s1. The topological polar surface area (TPSA) is 101 Å². The molecule has 0 spiro atoms. The highest BCUT2D eigenvalue weighted by molar-refractivity contribution is 6.00. The van der Waals surface area contributed by atoms with Crippen molar-refractivity contribution < 1.29 is 9.59 Å². The largest absolute Gasteiger partial charge is 0.326 e. The van der Waals surface area contributed by atoms with Crippen molar-refractivity contribution in [2.75, 3.05) is 6.54 Å². The summed E-state index contributed by atoms with van der Waals surface area (Å²) in [4.78, 5) is 27.1. The maximum atomic E-state index is 12.7. The Hall–Kier alpha value is -2.54. The van der Waals surface area contributed by atoms with E-state index in [-0.39, 0.29) is 11.9 Å². The minimum Gasteiger partial charge on any atom is -0.326 e. The van der Waals surface area contributed by atoms with Gasteiger partial charge in [-0.15, -0.1) is 0 Å². The van der Waals surface area contributed by atoms with E-state index in [2.05, 4.69) is 10.2 Å². The molecule has 2 amide bonds. The van der Waals surface area contributed by atoms with Crippen LogP contribution in [0.5, 0.6) is 0 Å². The Morgan fingerprint density at radius 3 is 2.39 bits per heavy atom. The van der Waals surface area contributed by atoms with E-state index in [0.29, 0.717) is 19.5 Å². The van der Waals surface area contributed by atoms with Gasteiger partial charge in [0.25, 0.3) is 0 Å². The Kier molecular flexibility index (Phi) is 6.92. The molecular weight excluding hydrogens is 352 g/mol. The number of hydrogen-bond donors (Lipinski definition) is 3. The van der Waals surface area contributed by atoms with Crippen molar-refractivity contribution in [2.24, 2.45) is 11.5 Å². The fourth-order valence-electron chi connectivity index (χ4n) is 3.59. The predicted octanol–water partition coefficient (Wildman–Crippen LogP) is 1.32. The molecule has 2 aromatic rings. The third-order valence-corrected chi connectivity index (χ3v) is 5.19. The first-order valence-corrected chi connectivity index (χ1v) is 9.73. The van der Waals surface area contributed by atoms with Crippen molar-refractivity contribution in [3.8, 4) is 0 Å². The summed E-state index contributed by atoms with van der Waals surface area (Å²) in [6, 6.07) is 16.6. The van der Waals surface area contributed by atoms with Gasteiger partial charge in [-0.1, -0.05) is 54.6 Å². The molecule has 5 N–H and O–H groups in total. The van der Waals surface area contributed by atoms with Gasteiger partial charge in [0.15, 0.2) is 0 Å². The van der Waals surface area contributed by atoms with Crippen LogP contribution in [-0.4, -0.2) is 35.3 Å². The number of nitrogens with two attached hydrogens (primary N) is 2. The van der Waals surface area contributed by atoms with Crippen molar-refractivity contribution in [3.05, 3.63) is 71.3 Å². The number of hydrogen-bond acceptors (Lipinski definition) is 5. The van der Waals surface area contributed by atoms with Gasteiger partial charge in [0.2, 0.25) is 11.8 Å². The normalized spacial score (nSPS) is 18.0. The lowest BCUT2D eigenvalue weighted by Gasteiger charge is -2.24. The van der Waals surface area contributed by atoms with Crippen molar-refractivity contribution in [2.45, 2.75) is 44.4 Å². The summed E-state index contributed by atoms with van der Waals surface area (Å²) in [5.74, 6) is -0.683. The van der Waals surface area contributed by atoms with E-state index in [0.717, 1.165) is 36.1 Å². The molecule has 28 heavy (non-hydrogen) atoms. The summed E-state index contributed by atoms with van der Waals surface area (Å²) < 4.78 is 0. The molecule has 0 bridgehead atoms. The van der Waals surface area contributed by atoms with Crippen LogP contribution in [0.2, 0.25) is 0 Å². The Balaban J connectivity index is 1.55. The third-order valence-electron chi connectivity index (χ3n) is 5.19. The van der Waals surface area contributed by atoms with Crippen molar-refractivity contribution >= 4 is 11.8 Å². The lowest BCUT2D eigenvalue weighted by molar-refractivity contribution is -0.133. The van der Waals surface area contributed by atoms with Gasteiger partial charge in [0, 0.05) is 13.1 Å². The average Bonchev–Trinajstić information content (AvgIpc) is 3.17. The molecule has 0 saturated carbocycles. The summed E-state index contributed by atoms with van der Waals surface area (Å²) >= 11 is 0. The van der Waals surface area contributed by atoms with Crippen molar-refractivity contribution in [1.82, 2.24) is 10.2 Å². The first kappa shape index (κ1) is 20.2. The molecular formula is C22H28N4O2. The van der Waals surface area contributed by atoms with Gasteiger partial charge in [0.1, 0.15) is 0 Å². The van der Waals surface area contributed by atoms with E-state index in [1.54, 1.807) is 0 Å². The van der Waals surface area contributed by atoms with Gasteiger partial charge in [-0.3, -0.25) is 19.8 Å². The van der Waals surface area contributed by atoms with Crippen LogP contribution in [0.25, 0.3) is 0 Å². The minimum absolute atomic E-state index is 0.260. The van der Waals surface area contributed by atoms with Crippen LogP contribution in [-0.2, 0) is 29.1 Å². The number of nitrogens with one attached hydrogen (secondary N) is 1. The zero-order chi connectivity index (χ0) is 19.9. The van der Waals surface area contributed by atoms with Crippen LogP contribution < -0.4 is 16.8 Å². The molecule has 1 saturated heterocycles. The second-order valence-electron chi connectivity index (χ2n) is 7.30. The van der Waals surface area contributed by atoms with Gasteiger partial charge in [0.05, 0.1) is 12.1 Å². The summed E-state index contributed by atoms with van der Waals surface area (Å²) in [5.41, 5.74) is 14.8. The van der Waals surface area contributed by atoms with E-state index in [9.17, 15) is 9.59 Å². The highest BCUT2D eigenvalue weighted by Gasteiger charge is 2.32. The number of carbonyl (C=O) groups excluding carboxylic acids is 2. The summed E-state index contributed by atoms with van der Waals surface area (Å²) in [6.45, 7) is 2.02. The van der Waals surface area contributed by atoms with Crippen LogP contribution in [0.1, 0.15) is 29.5 Å².